The molecule has 2 aliphatic carbocycles. The van der Waals surface area contributed by atoms with E-state index in [0.29, 0.717) is 11.8 Å². The molecule has 3 fully saturated rings. The van der Waals surface area contributed by atoms with Crippen LogP contribution in [-0.2, 0) is 9.47 Å². The van der Waals surface area contributed by atoms with Crippen molar-refractivity contribution < 1.29 is 9.47 Å². The van der Waals surface area contributed by atoms with Crippen molar-refractivity contribution in [3.63, 3.8) is 0 Å². The summed E-state index contributed by atoms with van der Waals surface area (Å²) < 4.78 is 11.4. The molecule has 1 saturated heterocycles. The normalized spacial score (nSPS) is 49.2. The highest BCUT2D eigenvalue weighted by molar-refractivity contribution is 6.21. The summed E-state index contributed by atoms with van der Waals surface area (Å²) in [5.41, 5.74) is 0. The summed E-state index contributed by atoms with van der Waals surface area (Å²) in [5.74, 6) is 0.854. The maximum absolute atomic E-state index is 6.32. The molecule has 0 N–H and O–H groups in total. The highest BCUT2D eigenvalue weighted by Crippen LogP contribution is 2.56. The standard InChI is InChI=1S/C9H13ClO2/c10-8-6-1-2-7(5-6)9(8)11-3-4-12-9/h6-8H,1-5H2. The number of alkyl halides is 1. The maximum Gasteiger partial charge on any atom is 0.187 e. The summed E-state index contributed by atoms with van der Waals surface area (Å²) in [6.07, 6.45) is 3.73. The van der Waals surface area contributed by atoms with Crippen molar-refractivity contribution in [3.05, 3.63) is 0 Å². The van der Waals surface area contributed by atoms with Crippen LogP contribution in [0.5, 0.6) is 0 Å². The molecule has 3 rings (SSSR count). The summed E-state index contributed by atoms with van der Waals surface area (Å²) in [4.78, 5) is 0. The van der Waals surface area contributed by atoms with Gasteiger partial charge in [0.25, 0.3) is 0 Å². The first-order valence-electron chi connectivity index (χ1n) is 4.75. The summed E-state index contributed by atoms with van der Waals surface area (Å²) in [7, 11) is 0. The van der Waals surface area contributed by atoms with E-state index in [-0.39, 0.29) is 11.2 Å². The molecule has 12 heavy (non-hydrogen) atoms. The van der Waals surface area contributed by atoms with Gasteiger partial charge in [-0.1, -0.05) is 0 Å². The summed E-state index contributed by atoms with van der Waals surface area (Å²) in [6, 6.07) is 0. The number of halogens is 1. The van der Waals surface area contributed by atoms with Crippen molar-refractivity contribution in [3.8, 4) is 0 Å². The third-order valence-corrected chi connectivity index (χ3v) is 4.24. The molecule has 1 spiro atoms. The zero-order valence-electron chi connectivity index (χ0n) is 6.96. The van der Waals surface area contributed by atoms with Crippen LogP contribution in [0.3, 0.4) is 0 Å². The SMILES string of the molecule is ClC1C2CCC(C2)C12OCCO2. The largest absolute Gasteiger partial charge is 0.346 e. The minimum Gasteiger partial charge on any atom is -0.346 e. The second kappa shape index (κ2) is 2.37. The Bertz CT molecular complexity index is 197. The lowest BCUT2D eigenvalue weighted by molar-refractivity contribution is -0.186. The van der Waals surface area contributed by atoms with Crippen LogP contribution in [0.2, 0.25) is 0 Å². The summed E-state index contributed by atoms with van der Waals surface area (Å²) in [6.45, 7) is 1.46. The van der Waals surface area contributed by atoms with Gasteiger partial charge < -0.3 is 9.47 Å². The number of hydrogen-bond donors (Lipinski definition) is 0. The van der Waals surface area contributed by atoms with E-state index < -0.39 is 0 Å². The molecule has 3 unspecified atom stereocenters. The van der Waals surface area contributed by atoms with Crippen molar-refractivity contribution in [2.75, 3.05) is 13.2 Å². The quantitative estimate of drug-likeness (QED) is 0.540. The fraction of sp³-hybridized carbons (Fsp3) is 1.00. The number of rotatable bonds is 0. The molecule has 0 aromatic heterocycles. The summed E-state index contributed by atoms with van der Waals surface area (Å²) in [5, 5.41) is 0.110. The van der Waals surface area contributed by atoms with Gasteiger partial charge in [0.05, 0.1) is 18.6 Å². The second-order valence-corrected chi connectivity index (χ2v) is 4.56. The monoisotopic (exact) mass is 188 g/mol. The number of hydrogen-bond acceptors (Lipinski definition) is 2. The van der Waals surface area contributed by atoms with Crippen LogP contribution in [-0.4, -0.2) is 24.4 Å². The average molecular weight is 189 g/mol. The first kappa shape index (κ1) is 7.60. The molecular weight excluding hydrogens is 176 g/mol. The molecule has 1 aliphatic heterocycles. The number of fused-ring (bicyclic) bond motifs is 3. The minimum atomic E-state index is -0.371. The number of ether oxygens (including phenoxy) is 2. The van der Waals surface area contributed by atoms with E-state index >= 15 is 0 Å². The van der Waals surface area contributed by atoms with Crippen molar-refractivity contribution in [2.45, 2.75) is 30.4 Å². The van der Waals surface area contributed by atoms with E-state index in [4.69, 9.17) is 21.1 Å². The Balaban J connectivity index is 1.94. The van der Waals surface area contributed by atoms with Crippen LogP contribution in [0.15, 0.2) is 0 Å². The molecule has 2 nitrogen and oxygen atoms in total. The molecular formula is C9H13ClO2. The zero-order valence-corrected chi connectivity index (χ0v) is 7.72. The van der Waals surface area contributed by atoms with Crippen molar-refractivity contribution >= 4 is 11.6 Å². The van der Waals surface area contributed by atoms with Crippen LogP contribution >= 0.6 is 11.6 Å². The Morgan fingerprint density at radius 2 is 1.92 bits per heavy atom. The average Bonchev–Trinajstić information content (AvgIpc) is 2.75. The Kier molecular flexibility index (Phi) is 1.50. The van der Waals surface area contributed by atoms with Crippen molar-refractivity contribution in [2.24, 2.45) is 11.8 Å². The third kappa shape index (κ3) is 0.740. The molecule has 3 heteroatoms. The van der Waals surface area contributed by atoms with Gasteiger partial charge in [-0.3, -0.25) is 0 Å². The van der Waals surface area contributed by atoms with E-state index in [1.165, 1.54) is 19.3 Å². The van der Waals surface area contributed by atoms with Gasteiger partial charge in [0.15, 0.2) is 5.79 Å². The predicted molar refractivity (Wildman–Crippen MR) is 45.1 cm³/mol. The molecule has 0 aromatic rings. The molecule has 3 aliphatic rings. The van der Waals surface area contributed by atoms with Crippen LogP contribution < -0.4 is 0 Å². The van der Waals surface area contributed by atoms with E-state index in [2.05, 4.69) is 0 Å². The topological polar surface area (TPSA) is 18.5 Å². The van der Waals surface area contributed by atoms with Gasteiger partial charge in [-0.2, -0.15) is 0 Å². The Morgan fingerprint density at radius 3 is 2.50 bits per heavy atom. The Morgan fingerprint density at radius 1 is 1.17 bits per heavy atom. The molecule has 1 heterocycles. The fourth-order valence-corrected chi connectivity index (χ4v) is 3.57. The Hall–Kier alpha value is 0.210. The lowest BCUT2D eigenvalue weighted by atomic mass is 9.93. The van der Waals surface area contributed by atoms with Crippen molar-refractivity contribution in [1.82, 2.24) is 0 Å². The zero-order chi connectivity index (χ0) is 8.18. The maximum atomic E-state index is 6.32. The highest BCUT2D eigenvalue weighted by Gasteiger charge is 2.61. The molecule has 0 aromatic carbocycles. The Labute approximate surface area is 77.2 Å². The first-order chi connectivity index (χ1) is 5.83. The lowest BCUT2D eigenvalue weighted by Gasteiger charge is -2.35. The summed E-state index contributed by atoms with van der Waals surface area (Å²) >= 11 is 6.32. The lowest BCUT2D eigenvalue weighted by Crippen LogP contribution is -2.45. The van der Waals surface area contributed by atoms with Crippen LogP contribution in [0.4, 0.5) is 0 Å². The van der Waals surface area contributed by atoms with Gasteiger partial charge in [0.2, 0.25) is 0 Å². The van der Waals surface area contributed by atoms with Gasteiger partial charge in [-0.15, -0.1) is 11.6 Å². The molecule has 0 amide bonds. The van der Waals surface area contributed by atoms with Gasteiger partial charge in [0.1, 0.15) is 0 Å². The molecule has 2 saturated carbocycles. The van der Waals surface area contributed by atoms with Gasteiger partial charge in [-0.25, -0.2) is 0 Å². The molecule has 2 bridgehead atoms. The van der Waals surface area contributed by atoms with Crippen molar-refractivity contribution in [1.29, 1.82) is 0 Å². The minimum absolute atomic E-state index is 0.110. The highest BCUT2D eigenvalue weighted by atomic mass is 35.5. The second-order valence-electron chi connectivity index (χ2n) is 4.09. The van der Waals surface area contributed by atoms with Gasteiger partial charge in [0, 0.05) is 5.92 Å². The third-order valence-electron chi connectivity index (χ3n) is 3.58. The van der Waals surface area contributed by atoms with Gasteiger partial charge >= 0.3 is 0 Å². The molecule has 3 atom stereocenters. The van der Waals surface area contributed by atoms with E-state index in [9.17, 15) is 0 Å². The van der Waals surface area contributed by atoms with Crippen LogP contribution in [0.1, 0.15) is 19.3 Å². The van der Waals surface area contributed by atoms with Crippen LogP contribution in [0.25, 0.3) is 0 Å². The van der Waals surface area contributed by atoms with E-state index in [1.54, 1.807) is 0 Å². The molecule has 0 radical (unpaired) electrons. The predicted octanol–water partition coefficient (Wildman–Crippen LogP) is 1.77. The van der Waals surface area contributed by atoms with E-state index in [1.807, 2.05) is 0 Å². The van der Waals surface area contributed by atoms with Crippen LogP contribution in [0, 0.1) is 11.8 Å². The van der Waals surface area contributed by atoms with E-state index in [0.717, 1.165) is 13.2 Å². The fourth-order valence-electron chi connectivity index (χ4n) is 3.04. The first-order valence-corrected chi connectivity index (χ1v) is 5.18. The smallest absolute Gasteiger partial charge is 0.187 e. The van der Waals surface area contributed by atoms with Gasteiger partial charge in [-0.05, 0) is 25.2 Å². The molecule has 68 valence electrons.